The molecule has 0 fully saturated rings. The van der Waals surface area contributed by atoms with Gasteiger partial charge in [0.15, 0.2) is 0 Å². The molecule has 0 radical (unpaired) electrons. The van der Waals surface area contributed by atoms with E-state index in [2.05, 4.69) is 5.32 Å². The van der Waals surface area contributed by atoms with Crippen molar-refractivity contribution in [3.05, 3.63) is 29.8 Å². The first-order valence-corrected chi connectivity index (χ1v) is 4.45. The van der Waals surface area contributed by atoms with E-state index in [0.717, 1.165) is 18.6 Å². The van der Waals surface area contributed by atoms with Crippen molar-refractivity contribution in [2.24, 2.45) is 0 Å². The Hall–Kier alpha value is -1.19. The first-order chi connectivity index (χ1) is 6.54. The van der Waals surface area contributed by atoms with Crippen molar-refractivity contribution in [2.45, 2.75) is 19.5 Å². The minimum atomic E-state index is -4.26. The number of rotatable bonds is 3. The summed E-state index contributed by atoms with van der Waals surface area (Å²) in [6.45, 7) is 2.64. The van der Waals surface area contributed by atoms with Crippen LogP contribution in [0.4, 0.5) is 18.9 Å². The Morgan fingerprint density at radius 2 is 2.00 bits per heavy atom. The Morgan fingerprint density at radius 1 is 1.29 bits per heavy atom. The van der Waals surface area contributed by atoms with Crippen molar-refractivity contribution < 1.29 is 13.2 Å². The Labute approximate surface area is 80.9 Å². The van der Waals surface area contributed by atoms with Crippen LogP contribution < -0.4 is 5.32 Å². The molecule has 0 saturated heterocycles. The molecule has 1 aromatic rings. The summed E-state index contributed by atoms with van der Waals surface area (Å²) in [5, 5.41) is 2.91. The van der Waals surface area contributed by atoms with Gasteiger partial charge >= 0.3 is 6.18 Å². The van der Waals surface area contributed by atoms with Crippen LogP contribution in [0.2, 0.25) is 0 Å². The molecule has 0 aliphatic heterocycles. The van der Waals surface area contributed by atoms with Crippen LogP contribution >= 0.6 is 0 Å². The number of nitrogens with one attached hydrogen (secondary N) is 1. The predicted molar refractivity (Wildman–Crippen MR) is 50.2 cm³/mol. The SMILES string of the molecule is CCCNc1cccc(C(F)(F)F)c1. The van der Waals surface area contributed by atoms with E-state index < -0.39 is 11.7 Å². The molecule has 1 aromatic carbocycles. The average Bonchev–Trinajstić information content (AvgIpc) is 2.14. The van der Waals surface area contributed by atoms with E-state index in [1.54, 1.807) is 6.07 Å². The molecule has 0 bridgehead atoms. The highest BCUT2D eigenvalue weighted by molar-refractivity contribution is 5.46. The van der Waals surface area contributed by atoms with Crippen molar-refractivity contribution in [1.29, 1.82) is 0 Å². The van der Waals surface area contributed by atoms with Gasteiger partial charge in [-0.1, -0.05) is 13.0 Å². The molecule has 0 aliphatic carbocycles. The van der Waals surface area contributed by atoms with E-state index in [0.29, 0.717) is 12.2 Å². The largest absolute Gasteiger partial charge is 0.416 e. The third-order valence-electron chi connectivity index (χ3n) is 1.77. The lowest BCUT2D eigenvalue weighted by Crippen LogP contribution is -2.06. The summed E-state index contributed by atoms with van der Waals surface area (Å²) in [6, 6.07) is 5.22. The third-order valence-corrected chi connectivity index (χ3v) is 1.77. The van der Waals surface area contributed by atoms with Crippen LogP contribution in [0.5, 0.6) is 0 Å². The summed E-state index contributed by atoms with van der Waals surface area (Å²) in [5.74, 6) is 0. The molecule has 1 N–H and O–H groups in total. The van der Waals surface area contributed by atoms with E-state index in [1.807, 2.05) is 6.92 Å². The lowest BCUT2D eigenvalue weighted by atomic mass is 10.2. The number of anilines is 1. The van der Waals surface area contributed by atoms with E-state index in [9.17, 15) is 13.2 Å². The van der Waals surface area contributed by atoms with Crippen LogP contribution in [-0.2, 0) is 6.18 Å². The van der Waals surface area contributed by atoms with E-state index in [4.69, 9.17) is 0 Å². The first kappa shape index (κ1) is 10.9. The van der Waals surface area contributed by atoms with Crippen molar-refractivity contribution >= 4 is 5.69 Å². The number of hydrogen-bond donors (Lipinski definition) is 1. The van der Waals surface area contributed by atoms with Crippen molar-refractivity contribution in [3.8, 4) is 0 Å². The predicted octanol–water partition coefficient (Wildman–Crippen LogP) is 3.53. The van der Waals surface area contributed by atoms with E-state index >= 15 is 0 Å². The zero-order chi connectivity index (χ0) is 10.6. The topological polar surface area (TPSA) is 12.0 Å². The van der Waals surface area contributed by atoms with Gasteiger partial charge in [0, 0.05) is 12.2 Å². The van der Waals surface area contributed by atoms with Gasteiger partial charge in [0.25, 0.3) is 0 Å². The molecule has 14 heavy (non-hydrogen) atoms. The van der Waals surface area contributed by atoms with E-state index in [-0.39, 0.29) is 0 Å². The Bertz CT molecular complexity index is 294. The monoisotopic (exact) mass is 203 g/mol. The van der Waals surface area contributed by atoms with Gasteiger partial charge in [-0.2, -0.15) is 13.2 Å². The molecule has 0 unspecified atom stereocenters. The number of benzene rings is 1. The van der Waals surface area contributed by atoms with Crippen LogP contribution in [0.25, 0.3) is 0 Å². The zero-order valence-corrected chi connectivity index (χ0v) is 7.86. The second kappa shape index (κ2) is 4.35. The Kier molecular flexibility index (Phi) is 3.38. The highest BCUT2D eigenvalue weighted by Gasteiger charge is 2.30. The molecule has 0 amide bonds. The Morgan fingerprint density at radius 3 is 2.57 bits per heavy atom. The molecule has 0 spiro atoms. The van der Waals surface area contributed by atoms with Gasteiger partial charge < -0.3 is 5.32 Å². The van der Waals surface area contributed by atoms with Crippen molar-refractivity contribution in [2.75, 3.05) is 11.9 Å². The van der Waals surface area contributed by atoms with Gasteiger partial charge in [-0.15, -0.1) is 0 Å². The molecule has 0 aliphatic rings. The van der Waals surface area contributed by atoms with Crippen LogP contribution in [0.3, 0.4) is 0 Å². The van der Waals surface area contributed by atoms with Crippen molar-refractivity contribution in [1.82, 2.24) is 0 Å². The van der Waals surface area contributed by atoms with Gasteiger partial charge in [0.2, 0.25) is 0 Å². The normalized spacial score (nSPS) is 11.4. The molecular weight excluding hydrogens is 191 g/mol. The summed E-state index contributed by atoms with van der Waals surface area (Å²) >= 11 is 0. The van der Waals surface area contributed by atoms with Gasteiger partial charge in [0.05, 0.1) is 5.56 Å². The van der Waals surface area contributed by atoms with Crippen LogP contribution in [0, 0.1) is 0 Å². The van der Waals surface area contributed by atoms with Gasteiger partial charge in [0.1, 0.15) is 0 Å². The summed E-state index contributed by atoms with van der Waals surface area (Å²) in [5.41, 5.74) is -0.0970. The van der Waals surface area contributed by atoms with Gasteiger partial charge in [-0.05, 0) is 24.6 Å². The minimum Gasteiger partial charge on any atom is -0.385 e. The minimum absolute atomic E-state index is 0.515. The maximum Gasteiger partial charge on any atom is 0.416 e. The van der Waals surface area contributed by atoms with Gasteiger partial charge in [-0.3, -0.25) is 0 Å². The van der Waals surface area contributed by atoms with Crippen LogP contribution in [-0.4, -0.2) is 6.54 Å². The second-order valence-electron chi connectivity index (χ2n) is 3.01. The first-order valence-electron chi connectivity index (χ1n) is 4.45. The van der Waals surface area contributed by atoms with E-state index in [1.165, 1.54) is 6.07 Å². The number of hydrogen-bond acceptors (Lipinski definition) is 1. The molecule has 0 atom stereocenters. The van der Waals surface area contributed by atoms with Crippen LogP contribution in [0.1, 0.15) is 18.9 Å². The zero-order valence-electron chi connectivity index (χ0n) is 7.86. The fourth-order valence-electron chi connectivity index (χ4n) is 1.07. The van der Waals surface area contributed by atoms with Crippen LogP contribution in [0.15, 0.2) is 24.3 Å². The van der Waals surface area contributed by atoms with Gasteiger partial charge in [-0.25, -0.2) is 0 Å². The second-order valence-corrected chi connectivity index (χ2v) is 3.01. The molecular formula is C10H12F3N. The fourth-order valence-corrected chi connectivity index (χ4v) is 1.07. The highest BCUT2D eigenvalue weighted by Crippen LogP contribution is 2.30. The summed E-state index contributed by atoms with van der Waals surface area (Å²) in [7, 11) is 0. The molecule has 0 heterocycles. The lowest BCUT2D eigenvalue weighted by Gasteiger charge is -2.09. The standard InChI is InChI=1S/C10H12F3N/c1-2-6-14-9-5-3-4-8(7-9)10(11,12)13/h3-5,7,14H,2,6H2,1H3. The molecule has 1 nitrogen and oxygen atoms in total. The number of alkyl halides is 3. The van der Waals surface area contributed by atoms with Crippen molar-refractivity contribution in [3.63, 3.8) is 0 Å². The summed E-state index contributed by atoms with van der Waals surface area (Å²) in [4.78, 5) is 0. The molecule has 4 heteroatoms. The molecule has 0 aromatic heterocycles. The summed E-state index contributed by atoms with van der Waals surface area (Å²) in [6.07, 6.45) is -3.37. The third kappa shape index (κ3) is 2.94. The molecule has 78 valence electrons. The fraction of sp³-hybridized carbons (Fsp3) is 0.400. The molecule has 1 rings (SSSR count). The average molecular weight is 203 g/mol. The Balaban J connectivity index is 2.79. The lowest BCUT2D eigenvalue weighted by molar-refractivity contribution is -0.137. The summed E-state index contributed by atoms with van der Waals surface area (Å²) < 4.78 is 36.8. The quantitative estimate of drug-likeness (QED) is 0.792. The number of halogens is 3. The maximum absolute atomic E-state index is 12.3. The highest BCUT2D eigenvalue weighted by atomic mass is 19.4. The molecule has 0 saturated carbocycles. The smallest absolute Gasteiger partial charge is 0.385 e. The maximum atomic E-state index is 12.3.